The second-order valence-electron chi connectivity index (χ2n) is 3.03. The van der Waals surface area contributed by atoms with E-state index in [1.54, 1.807) is 7.05 Å². The first-order valence-corrected chi connectivity index (χ1v) is 5.36. The van der Waals surface area contributed by atoms with Crippen LogP contribution < -0.4 is 0 Å². The van der Waals surface area contributed by atoms with Crippen molar-refractivity contribution in [3.05, 3.63) is 12.5 Å². The monoisotopic (exact) mass is 203 g/mol. The molecule has 1 aromatic rings. The normalized spacial score (nSPS) is 12.7. The molecule has 13 heavy (non-hydrogen) atoms. The fourth-order valence-electron chi connectivity index (χ4n) is 0.817. The van der Waals surface area contributed by atoms with Gasteiger partial charge in [0.1, 0.15) is 0 Å². The minimum absolute atomic E-state index is 0.0618. The Bertz CT molecular complexity index is 355. The largest absolute Gasteiger partial charge is 0.335 e. The number of sulfonamides is 1. The Morgan fingerprint density at radius 3 is 2.54 bits per heavy atom. The highest BCUT2D eigenvalue weighted by Crippen LogP contribution is 2.12. The maximum atomic E-state index is 11.7. The predicted molar refractivity (Wildman–Crippen MR) is 48.7 cm³/mol. The number of imidazole rings is 1. The van der Waals surface area contributed by atoms with Crippen LogP contribution in [0.1, 0.15) is 13.8 Å². The number of nitrogens with zero attached hydrogens (tertiary/aromatic N) is 2. The van der Waals surface area contributed by atoms with Crippen molar-refractivity contribution in [3.63, 3.8) is 0 Å². The second kappa shape index (κ2) is 3.47. The van der Waals surface area contributed by atoms with Gasteiger partial charge in [-0.25, -0.2) is 13.4 Å². The molecule has 1 rings (SSSR count). The summed E-state index contributed by atoms with van der Waals surface area (Å²) in [4.78, 5) is 6.24. The lowest BCUT2D eigenvalue weighted by molar-refractivity contribution is 0.409. The molecule has 1 N–H and O–H groups in total. The number of hydrogen-bond acceptors (Lipinski definition) is 3. The molecule has 74 valence electrons. The molecule has 0 aliphatic carbocycles. The van der Waals surface area contributed by atoms with Gasteiger partial charge in [0, 0.05) is 13.1 Å². The highest BCUT2D eigenvalue weighted by atomic mass is 32.2. The van der Waals surface area contributed by atoms with E-state index in [1.807, 2.05) is 13.8 Å². The quantitative estimate of drug-likeness (QED) is 0.775. The standard InChI is InChI=1S/C7H13N3O2S/c1-6(2)10(3)13(11,12)7-4-8-5-9-7/h4-6H,1-3H3,(H,8,9). The van der Waals surface area contributed by atoms with Crippen LogP contribution >= 0.6 is 0 Å². The molecule has 0 saturated carbocycles. The topological polar surface area (TPSA) is 66.1 Å². The highest BCUT2D eigenvalue weighted by Gasteiger charge is 2.23. The van der Waals surface area contributed by atoms with Gasteiger partial charge in [-0.2, -0.15) is 4.31 Å². The first kappa shape index (κ1) is 10.2. The zero-order chi connectivity index (χ0) is 10.1. The second-order valence-corrected chi connectivity index (χ2v) is 5.00. The van der Waals surface area contributed by atoms with Crippen LogP contribution in [0.15, 0.2) is 17.6 Å². The van der Waals surface area contributed by atoms with Crippen LogP contribution in [0.2, 0.25) is 0 Å². The van der Waals surface area contributed by atoms with Gasteiger partial charge in [-0.1, -0.05) is 0 Å². The van der Waals surface area contributed by atoms with E-state index in [0.29, 0.717) is 0 Å². The first-order chi connectivity index (χ1) is 5.96. The maximum absolute atomic E-state index is 11.7. The average molecular weight is 203 g/mol. The van der Waals surface area contributed by atoms with E-state index in [1.165, 1.54) is 16.8 Å². The summed E-state index contributed by atoms with van der Waals surface area (Å²) in [6, 6.07) is -0.0618. The Balaban J connectivity index is 3.04. The number of hydrogen-bond donors (Lipinski definition) is 1. The summed E-state index contributed by atoms with van der Waals surface area (Å²) in [6.45, 7) is 3.63. The lowest BCUT2D eigenvalue weighted by Crippen LogP contribution is -2.33. The summed E-state index contributed by atoms with van der Waals surface area (Å²) in [7, 11) is -1.84. The van der Waals surface area contributed by atoms with Crippen LogP contribution in [0.4, 0.5) is 0 Å². The molecular formula is C7H13N3O2S. The van der Waals surface area contributed by atoms with Crippen LogP contribution in [0.25, 0.3) is 0 Å². The van der Waals surface area contributed by atoms with Gasteiger partial charge in [-0.05, 0) is 13.8 Å². The van der Waals surface area contributed by atoms with Gasteiger partial charge in [0.05, 0.1) is 12.5 Å². The van der Waals surface area contributed by atoms with Gasteiger partial charge in [-0.15, -0.1) is 0 Å². The number of nitrogens with one attached hydrogen (secondary N) is 1. The smallest absolute Gasteiger partial charge is 0.260 e. The Morgan fingerprint density at radius 1 is 1.54 bits per heavy atom. The third kappa shape index (κ3) is 1.89. The van der Waals surface area contributed by atoms with E-state index in [2.05, 4.69) is 9.97 Å². The fourth-order valence-corrected chi connectivity index (χ4v) is 2.08. The van der Waals surface area contributed by atoms with Crippen molar-refractivity contribution >= 4 is 10.0 Å². The molecule has 0 radical (unpaired) electrons. The fraction of sp³-hybridized carbons (Fsp3) is 0.571. The van der Waals surface area contributed by atoms with Crippen molar-refractivity contribution < 1.29 is 8.42 Å². The van der Waals surface area contributed by atoms with Gasteiger partial charge in [0.2, 0.25) is 0 Å². The Hall–Kier alpha value is -0.880. The van der Waals surface area contributed by atoms with Gasteiger partial charge >= 0.3 is 0 Å². The predicted octanol–water partition coefficient (Wildman–Crippen LogP) is 0.439. The Labute approximate surface area is 77.8 Å². The van der Waals surface area contributed by atoms with Crippen molar-refractivity contribution in [2.45, 2.75) is 24.9 Å². The molecule has 0 aromatic carbocycles. The van der Waals surface area contributed by atoms with Crippen molar-refractivity contribution in [1.82, 2.24) is 14.3 Å². The molecule has 1 heterocycles. The molecule has 0 atom stereocenters. The van der Waals surface area contributed by atoms with Crippen molar-refractivity contribution in [1.29, 1.82) is 0 Å². The maximum Gasteiger partial charge on any atom is 0.260 e. The van der Waals surface area contributed by atoms with Gasteiger partial charge in [-0.3, -0.25) is 0 Å². The van der Waals surface area contributed by atoms with Crippen LogP contribution in [-0.4, -0.2) is 35.8 Å². The van der Waals surface area contributed by atoms with Gasteiger partial charge < -0.3 is 4.98 Å². The highest BCUT2D eigenvalue weighted by molar-refractivity contribution is 7.89. The van der Waals surface area contributed by atoms with E-state index in [-0.39, 0.29) is 11.1 Å². The molecule has 0 fully saturated rings. The number of H-pyrrole nitrogens is 1. The molecule has 0 unspecified atom stereocenters. The van der Waals surface area contributed by atoms with E-state index in [9.17, 15) is 8.42 Å². The molecular weight excluding hydrogens is 190 g/mol. The van der Waals surface area contributed by atoms with Crippen LogP contribution in [-0.2, 0) is 10.0 Å². The summed E-state index contributed by atoms with van der Waals surface area (Å²) < 4.78 is 24.7. The van der Waals surface area contributed by atoms with Crippen molar-refractivity contribution in [2.24, 2.45) is 0 Å². The minimum Gasteiger partial charge on any atom is -0.335 e. The third-order valence-electron chi connectivity index (χ3n) is 1.86. The number of aromatic nitrogens is 2. The zero-order valence-corrected chi connectivity index (χ0v) is 8.67. The first-order valence-electron chi connectivity index (χ1n) is 3.92. The van der Waals surface area contributed by atoms with Crippen LogP contribution in [0.5, 0.6) is 0 Å². The van der Waals surface area contributed by atoms with E-state index < -0.39 is 10.0 Å². The van der Waals surface area contributed by atoms with Gasteiger partial charge in [0.15, 0.2) is 5.03 Å². The summed E-state index contributed by atoms with van der Waals surface area (Å²) in [5.74, 6) is 0. The molecule has 0 aliphatic rings. The molecule has 1 aromatic heterocycles. The van der Waals surface area contributed by atoms with E-state index >= 15 is 0 Å². The Morgan fingerprint density at radius 2 is 2.15 bits per heavy atom. The summed E-state index contributed by atoms with van der Waals surface area (Å²) in [5, 5.41) is 0.128. The lowest BCUT2D eigenvalue weighted by atomic mass is 10.4. The lowest BCUT2D eigenvalue weighted by Gasteiger charge is -2.19. The van der Waals surface area contributed by atoms with E-state index in [0.717, 1.165) is 0 Å². The van der Waals surface area contributed by atoms with E-state index in [4.69, 9.17) is 0 Å². The molecule has 0 aliphatic heterocycles. The summed E-state index contributed by atoms with van der Waals surface area (Å²) in [5.41, 5.74) is 0. The number of rotatable bonds is 3. The third-order valence-corrected chi connectivity index (χ3v) is 3.82. The van der Waals surface area contributed by atoms with Crippen LogP contribution in [0, 0.1) is 0 Å². The zero-order valence-electron chi connectivity index (χ0n) is 7.85. The van der Waals surface area contributed by atoms with Gasteiger partial charge in [0.25, 0.3) is 10.0 Å². The van der Waals surface area contributed by atoms with Crippen LogP contribution in [0.3, 0.4) is 0 Å². The molecule has 6 heteroatoms. The number of aromatic amines is 1. The summed E-state index contributed by atoms with van der Waals surface area (Å²) in [6.07, 6.45) is 2.65. The SMILES string of the molecule is CC(C)N(C)S(=O)(=O)c1cnc[nH]1. The Kier molecular flexibility index (Phi) is 2.72. The minimum atomic E-state index is -3.38. The molecule has 0 spiro atoms. The molecule has 0 amide bonds. The molecule has 0 saturated heterocycles. The average Bonchev–Trinajstić information content (AvgIpc) is 2.54. The molecule has 0 bridgehead atoms. The molecule has 5 nitrogen and oxygen atoms in total. The van der Waals surface area contributed by atoms with Crippen molar-refractivity contribution in [2.75, 3.05) is 7.05 Å². The van der Waals surface area contributed by atoms with Crippen molar-refractivity contribution in [3.8, 4) is 0 Å². The summed E-state index contributed by atoms with van der Waals surface area (Å²) >= 11 is 0.